The maximum Gasteiger partial charge on any atom is 0.416 e. The number of hydrogen-bond acceptors (Lipinski definition) is 5. The second kappa shape index (κ2) is 6.36. The molecule has 0 saturated carbocycles. The van der Waals surface area contributed by atoms with E-state index in [4.69, 9.17) is 4.74 Å². The molecule has 0 fully saturated rings. The molecule has 0 bridgehead atoms. The Morgan fingerprint density at radius 1 is 1.44 bits per heavy atom. The number of fused-ring (bicyclic) bond motifs is 1. The Balaban J connectivity index is 2.01. The molecule has 1 aliphatic heterocycles. The molecule has 132 valence electrons. The fraction of sp³-hybridized carbons (Fsp3) is 0.267. The Morgan fingerprint density at radius 3 is 2.88 bits per heavy atom. The molecular weight excluding hydrogens is 359 g/mol. The highest BCUT2D eigenvalue weighted by molar-refractivity contribution is 7.12. The van der Waals surface area contributed by atoms with Gasteiger partial charge in [-0.25, -0.2) is 4.98 Å². The number of ether oxygens (including phenoxy) is 1. The number of aryl methyl sites for hydroxylation is 1. The van der Waals surface area contributed by atoms with Gasteiger partial charge >= 0.3 is 6.18 Å². The summed E-state index contributed by atoms with van der Waals surface area (Å²) in [5.74, 6) is -1.16. The zero-order chi connectivity index (χ0) is 18.2. The third-order valence-corrected chi connectivity index (χ3v) is 4.34. The Bertz CT molecular complexity index is 848. The topological polar surface area (TPSA) is 80.3 Å². The van der Waals surface area contributed by atoms with Crippen LogP contribution >= 0.6 is 11.3 Å². The minimum atomic E-state index is -4.64. The summed E-state index contributed by atoms with van der Waals surface area (Å²) < 4.78 is 44.5. The highest BCUT2D eigenvalue weighted by atomic mass is 32.1. The average Bonchev–Trinajstić information content (AvgIpc) is 3.02. The number of nitrogens with zero attached hydrogens (tertiary/aromatic N) is 1. The van der Waals surface area contributed by atoms with Crippen molar-refractivity contribution in [2.24, 2.45) is 0 Å². The molecule has 1 aromatic carbocycles. The van der Waals surface area contributed by atoms with E-state index in [-0.39, 0.29) is 23.7 Å². The maximum absolute atomic E-state index is 13.1. The summed E-state index contributed by atoms with van der Waals surface area (Å²) in [5.41, 5.74) is 0.739. The minimum Gasteiger partial charge on any atom is -0.479 e. The van der Waals surface area contributed by atoms with Crippen molar-refractivity contribution in [3.8, 4) is 5.75 Å². The van der Waals surface area contributed by atoms with Crippen LogP contribution in [-0.2, 0) is 17.4 Å². The van der Waals surface area contributed by atoms with Crippen molar-refractivity contribution in [3.63, 3.8) is 0 Å². The SMILES string of the molecule is CCc1ncsc1C(=O)Nc1cc(C(F)(F)F)cc2c1OCC(=O)N2. The first-order valence-corrected chi connectivity index (χ1v) is 8.09. The predicted molar refractivity (Wildman–Crippen MR) is 85.0 cm³/mol. The van der Waals surface area contributed by atoms with Crippen LogP contribution in [0.3, 0.4) is 0 Å². The highest BCUT2D eigenvalue weighted by Crippen LogP contribution is 2.42. The van der Waals surface area contributed by atoms with Gasteiger partial charge in [0, 0.05) is 0 Å². The molecule has 0 aliphatic carbocycles. The molecule has 2 aromatic rings. The van der Waals surface area contributed by atoms with Crippen LogP contribution in [0.2, 0.25) is 0 Å². The lowest BCUT2D eigenvalue weighted by molar-refractivity contribution is -0.137. The Kier molecular flexibility index (Phi) is 4.38. The molecule has 0 atom stereocenters. The fourth-order valence-corrected chi connectivity index (χ4v) is 3.12. The lowest BCUT2D eigenvalue weighted by Gasteiger charge is -2.22. The number of thiazole rings is 1. The number of carbonyl (C=O) groups excluding carboxylic acids is 2. The zero-order valence-corrected chi connectivity index (χ0v) is 13.7. The number of carbonyl (C=O) groups is 2. The van der Waals surface area contributed by atoms with Crippen molar-refractivity contribution in [2.45, 2.75) is 19.5 Å². The van der Waals surface area contributed by atoms with E-state index in [2.05, 4.69) is 15.6 Å². The Hall–Kier alpha value is -2.62. The van der Waals surface area contributed by atoms with Crippen LogP contribution in [0, 0.1) is 0 Å². The van der Waals surface area contributed by atoms with E-state index in [1.54, 1.807) is 0 Å². The highest BCUT2D eigenvalue weighted by Gasteiger charge is 2.34. The lowest BCUT2D eigenvalue weighted by atomic mass is 10.1. The molecule has 2 amide bonds. The molecule has 3 rings (SSSR count). The van der Waals surface area contributed by atoms with Gasteiger partial charge in [0.2, 0.25) is 0 Å². The zero-order valence-electron chi connectivity index (χ0n) is 12.9. The van der Waals surface area contributed by atoms with E-state index in [1.807, 2.05) is 6.92 Å². The molecule has 6 nitrogen and oxygen atoms in total. The van der Waals surface area contributed by atoms with Gasteiger partial charge in [-0.15, -0.1) is 11.3 Å². The van der Waals surface area contributed by atoms with Crippen LogP contribution in [0.15, 0.2) is 17.6 Å². The first-order valence-electron chi connectivity index (χ1n) is 7.21. The second-order valence-electron chi connectivity index (χ2n) is 5.17. The summed E-state index contributed by atoms with van der Waals surface area (Å²) >= 11 is 1.09. The average molecular weight is 371 g/mol. The van der Waals surface area contributed by atoms with Gasteiger partial charge in [-0.1, -0.05) is 6.92 Å². The molecule has 2 heterocycles. The molecule has 1 aliphatic rings. The summed E-state index contributed by atoms with van der Waals surface area (Å²) in [7, 11) is 0. The quantitative estimate of drug-likeness (QED) is 0.868. The van der Waals surface area contributed by atoms with Gasteiger partial charge in [-0.2, -0.15) is 13.2 Å². The van der Waals surface area contributed by atoms with E-state index >= 15 is 0 Å². The standard InChI is InChI=1S/C15H12F3N3O3S/c1-2-8-13(25-6-19-8)14(23)21-10-4-7(15(16,17)18)3-9-12(10)24-5-11(22)20-9/h3-4,6H,2,5H2,1H3,(H,20,22)(H,21,23). The second-order valence-corrected chi connectivity index (χ2v) is 6.03. The first-order chi connectivity index (χ1) is 11.8. The normalized spacial score (nSPS) is 13.7. The maximum atomic E-state index is 13.1. The summed E-state index contributed by atoms with van der Waals surface area (Å²) in [6, 6.07) is 1.55. The third kappa shape index (κ3) is 3.43. The van der Waals surface area contributed by atoms with E-state index < -0.39 is 23.6 Å². The van der Waals surface area contributed by atoms with Gasteiger partial charge in [0.05, 0.1) is 28.1 Å². The van der Waals surface area contributed by atoms with Crippen LogP contribution in [0.5, 0.6) is 5.75 Å². The molecule has 10 heteroatoms. The van der Waals surface area contributed by atoms with Crippen molar-refractivity contribution in [1.29, 1.82) is 0 Å². The largest absolute Gasteiger partial charge is 0.479 e. The third-order valence-electron chi connectivity index (χ3n) is 3.47. The number of benzene rings is 1. The molecular formula is C15H12F3N3O3S. The van der Waals surface area contributed by atoms with E-state index in [0.717, 1.165) is 23.5 Å². The number of aromatic nitrogens is 1. The number of halogens is 3. The summed E-state index contributed by atoms with van der Waals surface area (Å²) in [4.78, 5) is 28.1. The van der Waals surface area contributed by atoms with Gasteiger partial charge in [-0.3, -0.25) is 9.59 Å². The Morgan fingerprint density at radius 2 is 2.20 bits per heavy atom. The summed E-state index contributed by atoms with van der Waals surface area (Å²) in [5, 5.41) is 4.75. The first kappa shape index (κ1) is 17.2. The van der Waals surface area contributed by atoms with Crippen molar-refractivity contribution in [3.05, 3.63) is 33.8 Å². The molecule has 0 unspecified atom stereocenters. The van der Waals surface area contributed by atoms with Crippen LogP contribution in [-0.4, -0.2) is 23.4 Å². The molecule has 0 saturated heterocycles. The fourth-order valence-electron chi connectivity index (χ4n) is 2.34. The molecule has 2 N–H and O–H groups in total. The molecule has 1 aromatic heterocycles. The van der Waals surface area contributed by atoms with Crippen LogP contribution in [0.25, 0.3) is 0 Å². The lowest BCUT2D eigenvalue weighted by Crippen LogP contribution is -2.27. The molecule has 0 radical (unpaired) electrons. The number of rotatable bonds is 3. The smallest absolute Gasteiger partial charge is 0.416 e. The van der Waals surface area contributed by atoms with Gasteiger partial charge in [-0.05, 0) is 18.6 Å². The van der Waals surface area contributed by atoms with E-state index in [0.29, 0.717) is 17.0 Å². The number of hydrogen-bond donors (Lipinski definition) is 2. The van der Waals surface area contributed by atoms with E-state index in [1.165, 1.54) is 5.51 Å². The Labute approximate surface area is 144 Å². The monoisotopic (exact) mass is 371 g/mol. The van der Waals surface area contributed by atoms with Gasteiger partial charge in [0.1, 0.15) is 4.88 Å². The number of anilines is 2. The number of nitrogens with one attached hydrogen (secondary N) is 2. The summed E-state index contributed by atoms with van der Waals surface area (Å²) in [6.45, 7) is 1.47. The van der Waals surface area contributed by atoms with E-state index in [9.17, 15) is 22.8 Å². The van der Waals surface area contributed by atoms with Crippen LogP contribution in [0.1, 0.15) is 27.9 Å². The van der Waals surface area contributed by atoms with Gasteiger partial charge in [0.25, 0.3) is 11.8 Å². The van der Waals surface area contributed by atoms with Gasteiger partial charge in [0.15, 0.2) is 12.4 Å². The number of alkyl halides is 3. The van der Waals surface area contributed by atoms with Gasteiger partial charge < -0.3 is 15.4 Å². The van der Waals surface area contributed by atoms with Crippen LogP contribution < -0.4 is 15.4 Å². The predicted octanol–water partition coefficient (Wildman–Crippen LogP) is 3.31. The van der Waals surface area contributed by atoms with Crippen LogP contribution in [0.4, 0.5) is 24.5 Å². The number of amides is 2. The van der Waals surface area contributed by atoms with Crippen molar-refractivity contribution in [2.75, 3.05) is 17.2 Å². The van der Waals surface area contributed by atoms with Crippen molar-refractivity contribution < 1.29 is 27.5 Å². The molecule has 25 heavy (non-hydrogen) atoms. The minimum absolute atomic E-state index is 0.0106. The molecule has 0 spiro atoms. The summed E-state index contributed by atoms with van der Waals surface area (Å²) in [6.07, 6.45) is -4.13. The van der Waals surface area contributed by atoms with Crippen molar-refractivity contribution in [1.82, 2.24) is 4.98 Å². The van der Waals surface area contributed by atoms with Crippen molar-refractivity contribution >= 4 is 34.5 Å².